The second-order valence-corrected chi connectivity index (χ2v) is 3.42. The standard InChI is InChI=1S/C8H10O2S/c1-3-11-8-5-7(9)4-6(2)10-8/h4-5H,3H2,1-2H3. The van der Waals surface area contributed by atoms with Crippen molar-refractivity contribution >= 4 is 11.8 Å². The first-order valence-electron chi connectivity index (χ1n) is 3.47. The molecule has 1 rings (SSSR count). The van der Waals surface area contributed by atoms with Crippen molar-refractivity contribution in [1.82, 2.24) is 0 Å². The van der Waals surface area contributed by atoms with Gasteiger partial charge in [0.05, 0.1) is 0 Å². The lowest BCUT2D eigenvalue weighted by molar-refractivity contribution is 0.426. The molecule has 0 bridgehead atoms. The number of hydrogen-bond acceptors (Lipinski definition) is 3. The molecule has 1 heterocycles. The molecule has 0 N–H and O–H groups in total. The molecule has 1 aromatic heterocycles. The van der Waals surface area contributed by atoms with Gasteiger partial charge >= 0.3 is 0 Å². The summed E-state index contributed by atoms with van der Waals surface area (Å²) < 4.78 is 5.26. The molecule has 0 aliphatic heterocycles. The zero-order chi connectivity index (χ0) is 8.27. The highest BCUT2D eigenvalue weighted by Gasteiger charge is 1.96. The second-order valence-electron chi connectivity index (χ2n) is 2.16. The Hall–Kier alpha value is -0.700. The molecule has 11 heavy (non-hydrogen) atoms. The third kappa shape index (κ3) is 2.42. The van der Waals surface area contributed by atoms with Crippen molar-refractivity contribution in [2.24, 2.45) is 0 Å². The van der Waals surface area contributed by atoms with E-state index in [0.717, 1.165) is 5.75 Å². The minimum atomic E-state index is 0.0182. The van der Waals surface area contributed by atoms with Gasteiger partial charge in [-0.2, -0.15) is 0 Å². The first-order chi connectivity index (χ1) is 5.22. The Bertz CT molecular complexity index is 290. The average molecular weight is 170 g/mol. The lowest BCUT2D eigenvalue weighted by Gasteiger charge is -1.96. The third-order valence-electron chi connectivity index (χ3n) is 1.15. The minimum absolute atomic E-state index is 0.0182. The Kier molecular flexibility index (Phi) is 2.76. The molecule has 0 spiro atoms. The Morgan fingerprint density at radius 1 is 1.55 bits per heavy atom. The van der Waals surface area contributed by atoms with Gasteiger partial charge in [-0.3, -0.25) is 4.79 Å². The molecule has 3 heteroatoms. The summed E-state index contributed by atoms with van der Waals surface area (Å²) in [6, 6.07) is 3.00. The molecule has 60 valence electrons. The first kappa shape index (κ1) is 8.40. The zero-order valence-electron chi connectivity index (χ0n) is 6.59. The number of hydrogen-bond donors (Lipinski definition) is 0. The summed E-state index contributed by atoms with van der Waals surface area (Å²) in [7, 11) is 0. The van der Waals surface area contributed by atoms with Crippen LogP contribution in [-0.2, 0) is 0 Å². The van der Waals surface area contributed by atoms with Gasteiger partial charge in [-0.25, -0.2) is 0 Å². The normalized spacial score (nSPS) is 10.0. The van der Waals surface area contributed by atoms with E-state index in [9.17, 15) is 4.79 Å². The molecule has 0 aliphatic rings. The van der Waals surface area contributed by atoms with Crippen LogP contribution in [0.25, 0.3) is 0 Å². The molecule has 0 aliphatic carbocycles. The minimum Gasteiger partial charge on any atom is -0.455 e. The summed E-state index contributed by atoms with van der Waals surface area (Å²) in [5, 5.41) is 0.706. The molecule has 0 saturated carbocycles. The third-order valence-corrected chi connectivity index (χ3v) is 1.93. The highest BCUT2D eigenvalue weighted by Crippen LogP contribution is 2.15. The van der Waals surface area contributed by atoms with Crippen molar-refractivity contribution in [1.29, 1.82) is 0 Å². The average Bonchev–Trinajstić information content (AvgIpc) is 1.85. The second kappa shape index (κ2) is 3.62. The topological polar surface area (TPSA) is 30.2 Å². The quantitative estimate of drug-likeness (QED) is 0.636. The van der Waals surface area contributed by atoms with Crippen molar-refractivity contribution in [3.63, 3.8) is 0 Å². The van der Waals surface area contributed by atoms with E-state index >= 15 is 0 Å². The predicted octanol–water partition coefficient (Wildman–Crippen LogP) is 2.06. The van der Waals surface area contributed by atoms with Crippen LogP contribution in [0.3, 0.4) is 0 Å². The van der Waals surface area contributed by atoms with E-state index in [4.69, 9.17) is 4.42 Å². The fourth-order valence-electron chi connectivity index (χ4n) is 0.789. The van der Waals surface area contributed by atoms with Crippen LogP contribution < -0.4 is 5.43 Å². The van der Waals surface area contributed by atoms with Gasteiger partial charge in [0, 0.05) is 12.1 Å². The highest BCUT2D eigenvalue weighted by molar-refractivity contribution is 7.99. The number of aryl methyl sites for hydroxylation is 1. The number of rotatable bonds is 2. The molecular formula is C8H10O2S. The fourth-order valence-corrected chi connectivity index (χ4v) is 1.46. The maximum absolute atomic E-state index is 10.9. The van der Waals surface area contributed by atoms with Gasteiger partial charge < -0.3 is 4.42 Å². The van der Waals surface area contributed by atoms with Crippen LogP contribution in [0.1, 0.15) is 12.7 Å². The van der Waals surface area contributed by atoms with E-state index < -0.39 is 0 Å². The largest absolute Gasteiger partial charge is 0.455 e. The van der Waals surface area contributed by atoms with Crippen LogP contribution >= 0.6 is 11.8 Å². The molecule has 0 fully saturated rings. The van der Waals surface area contributed by atoms with E-state index in [2.05, 4.69) is 0 Å². The van der Waals surface area contributed by atoms with Crippen LogP contribution in [0.5, 0.6) is 0 Å². The maximum Gasteiger partial charge on any atom is 0.186 e. The monoisotopic (exact) mass is 170 g/mol. The van der Waals surface area contributed by atoms with Crippen molar-refractivity contribution < 1.29 is 4.42 Å². The lowest BCUT2D eigenvalue weighted by Crippen LogP contribution is -1.97. The van der Waals surface area contributed by atoms with Crippen molar-refractivity contribution in [3.8, 4) is 0 Å². The molecule has 0 aromatic carbocycles. The van der Waals surface area contributed by atoms with E-state index in [1.807, 2.05) is 6.92 Å². The summed E-state index contributed by atoms with van der Waals surface area (Å²) >= 11 is 1.54. The molecule has 1 aromatic rings. The Labute approximate surface area is 69.6 Å². The highest BCUT2D eigenvalue weighted by atomic mass is 32.2. The lowest BCUT2D eigenvalue weighted by atomic mass is 10.4. The van der Waals surface area contributed by atoms with Crippen LogP contribution in [-0.4, -0.2) is 5.75 Å². The van der Waals surface area contributed by atoms with Gasteiger partial charge in [0.2, 0.25) is 0 Å². The maximum atomic E-state index is 10.9. The van der Waals surface area contributed by atoms with Gasteiger partial charge in [0.15, 0.2) is 10.5 Å². The Balaban J connectivity index is 2.99. The van der Waals surface area contributed by atoms with Crippen LogP contribution in [0, 0.1) is 6.92 Å². The van der Waals surface area contributed by atoms with Crippen LogP contribution in [0.2, 0.25) is 0 Å². The predicted molar refractivity (Wildman–Crippen MR) is 46.1 cm³/mol. The van der Waals surface area contributed by atoms with Crippen LogP contribution in [0.4, 0.5) is 0 Å². The molecule has 0 saturated heterocycles. The van der Waals surface area contributed by atoms with Gasteiger partial charge in [-0.05, 0) is 12.7 Å². The van der Waals surface area contributed by atoms with Crippen molar-refractivity contribution in [2.45, 2.75) is 18.9 Å². The zero-order valence-corrected chi connectivity index (χ0v) is 7.40. The summed E-state index contributed by atoms with van der Waals surface area (Å²) in [6.07, 6.45) is 0. The number of thioether (sulfide) groups is 1. The first-order valence-corrected chi connectivity index (χ1v) is 4.45. The molecule has 0 amide bonds. The van der Waals surface area contributed by atoms with Gasteiger partial charge in [-0.15, -0.1) is 0 Å². The van der Waals surface area contributed by atoms with E-state index in [-0.39, 0.29) is 5.43 Å². The van der Waals surface area contributed by atoms with E-state index in [1.165, 1.54) is 23.9 Å². The SMILES string of the molecule is CCSc1cc(=O)cc(C)o1. The summed E-state index contributed by atoms with van der Waals surface area (Å²) in [4.78, 5) is 10.9. The molecule has 0 atom stereocenters. The molecule has 0 unspecified atom stereocenters. The molecule has 2 nitrogen and oxygen atoms in total. The fraction of sp³-hybridized carbons (Fsp3) is 0.375. The smallest absolute Gasteiger partial charge is 0.186 e. The summed E-state index contributed by atoms with van der Waals surface area (Å²) in [5.74, 6) is 1.60. The summed E-state index contributed by atoms with van der Waals surface area (Å²) in [6.45, 7) is 3.80. The van der Waals surface area contributed by atoms with Gasteiger partial charge in [0.1, 0.15) is 5.76 Å². The van der Waals surface area contributed by atoms with Gasteiger partial charge in [0.25, 0.3) is 0 Å². The Morgan fingerprint density at radius 3 is 2.82 bits per heavy atom. The molecular weight excluding hydrogens is 160 g/mol. The molecule has 0 radical (unpaired) electrons. The van der Waals surface area contributed by atoms with Gasteiger partial charge in [-0.1, -0.05) is 18.7 Å². The van der Waals surface area contributed by atoms with Crippen molar-refractivity contribution in [3.05, 3.63) is 28.1 Å². The Morgan fingerprint density at radius 2 is 2.27 bits per heavy atom. The van der Waals surface area contributed by atoms with Crippen molar-refractivity contribution in [2.75, 3.05) is 5.75 Å². The van der Waals surface area contributed by atoms with Crippen LogP contribution in [0.15, 0.2) is 26.4 Å². The van der Waals surface area contributed by atoms with E-state index in [1.54, 1.807) is 6.92 Å². The van der Waals surface area contributed by atoms with E-state index in [0.29, 0.717) is 10.9 Å². The summed E-state index contributed by atoms with van der Waals surface area (Å²) in [5.41, 5.74) is 0.0182.